The maximum absolute atomic E-state index is 9.84. The molecular weight excluding hydrogens is 124 g/mol. The lowest BCUT2D eigenvalue weighted by Gasteiger charge is -2.09. The highest BCUT2D eigenvalue weighted by atomic mass is 16.4. The van der Waals surface area contributed by atoms with E-state index >= 15 is 0 Å². The molecule has 2 atom stereocenters. The minimum Gasteiger partial charge on any atom is -0.481 e. The molecule has 0 bridgehead atoms. The normalized spacial score (nSPS) is 16.8. The molecule has 0 aliphatic rings. The molecule has 4 heteroatoms. The molecule has 0 fully saturated rings. The van der Waals surface area contributed by atoms with Crippen LogP contribution in [0, 0.1) is 0 Å². The fourth-order valence-electron chi connectivity index (χ4n) is 0.349. The number of aliphatic carboxylic acids is 1. The van der Waals surface area contributed by atoms with E-state index in [4.69, 9.17) is 15.3 Å². The number of hydrogen-bond donors (Lipinski definition) is 3. The van der Waals surface area contributed by atoms with Crippen molar-refractivity contribution >= 4 is 5.97 Å². The van der Waals surface area contributed by atoms with Crippen LogP contribution in [-0.2, 0) is 4.79 Å². The van der Waals surface area contributed by atoms with Gasteiger partial charge < -0.3 is 15.3 Å². The van der Waals surface area contributed by atoms with E-state index in [1.165, 1.54) is 6.92 Å². The summed E-state index contributed by atoms with van der Waals surface area (Å²) in [5.41, 5.74) is 0. The van der Waals surface area contributed by atoms with Gasteiger partial charge in [-0.15, -0.1) is 0 Å². The van der Waals surface area contributed by atoms with Crippen molar-refractivity contribution in [1.29, 1.82) is 0 Å². The van der Waals surface area contributed by atoms with Crippen molar-refractivity contribution in [3.05, 3.63) is 0 Å². The first-order chi connectivity index (χ1) is 4.04. The molecule has 0 heterocycles. The van der Waals surface area contributed by atoms with Crippen LogP contribution in [0.3, 0.4) is 0 Å². The van der Waals surface area contributed by atoms with Crippen LogP contribution in [-0.4, -0.2) is 33.5 Å². The molecular formula is C5H10O4. The topological polar surface area (TPSA) is 77.8 Å². The average molecular weight is 134 g/mol. The fraction of sp³-hybridized carbons (Fsp3) is 0.800. The van der Waals surface area contributed by atoms with E-state index < -0.39 is 24.6 Å². The summed E-state index contributed by atoms with van der Waals surface area (Å²) < 4.78 is 0. The Bertz CT molecular complexity index is 99.1. The molecule has 0 rings (SSSR count). The molecule has 0 aliphatic carbocycles. The summed E-state index contributed by atoms with van der Waals surface area (Å²) in [5, 5.41) is 25.3. The van der Waals surface area contributed by atoms with E-state index in [0.717, 1.165) is 0 Å². The number of aliphatic hydroxyl groups is 2. The summed E-state index contributed by atoms with van der Waals surface area (Å²) >= 11 is 0. The van der Waals surface area contributed by atoms with Gasteiger partial charge in [0.15, 0.2) is 0 Å². The van der Waals surface area contributed by atoms with Crippen LogP contribution in [0.1, 0.15) is 13.3 Å². The van der Waals surface area contributed by atoms with Gasteiger partial charge in [0.1, 0.15) is 0 Å². The average Bonchev–Trinajstić information content (AvgIpc) is 1.63. The molecule has 0 saturated carbocycles. The molecule has 0 amide bonds. The van der Waals surface area contributed by atoms with Crippen LogP contribution in [0.25, 0.3) is 0 Å². The minimum atomic E-state index is -1.15. The van der Waals surface area contributed by atoms with E-state index in [0.29, 0.717) is 0 Å². The monoisotopic (exact) mass is 134 g/mol. The van der Waals surface area contributed by atoms with Gasteiger partial charge in [0.2, 0.25) is 0 Å². The fourth-order valence-corrected chi connectivity index (χ4v) is 0.349. The SMILES string of the molecule is C[C@@H](O)[C@@H](O)CC(=O)O. The van der Waals surface area contributed by atoms with E-state index in [-0.39, 0.29) is 0 Å². The van der Waals surface area contributed by atoms with Gasteiger partial charge >= 0.3 is 5.97 Å². The molecule has 54 valence electrons. The summed E-state index contributed by atoms with van der Waals surface area (Å²) in [6, 6.07) is 0. The number of carboxylic acid groups (broad SMARTS) is 1. The van der Waals surface area contributed by atoms with Gasteiger partial charge in [0.05, 0.1) is 18.6 Å². The van der Waals surface area contributed by atoms with Gasteiger partial charge in [-0.1, -0.05) is 0 Å². The molecule has 0 aliphatic heterocycles. The Morgan fingerprint density at radius 1 is 1.56 bits per heavy atom. The smallest absolute Gasteiger partial charge is 0.306 e. The Hall–Kier alpha value is -0.610. The van der Waals surface area contributed by atoms with E-state index in [1.54, 1.807) is 0 Å². The molecule has 0 unspecified atom stereocenters. The number of rotatable bonds is 3. The Labute approximate surface area is 52.7 Å². The van der Waals surface area contributed by atoms with Crippen LogP contribution in [0.4, 0.5) is 0 Å². The van der Waals surface area contributed by atoms with E-state index in [9.17, 15) is 4.79 Å². The van der Waals surface area contributed by atoms with Gasteiger partial charge in [-0.2, -0.15) is 0 Å². The second-order valence-electron chi connectivity index (χ2n) is 1.91. The largest absolute Gasteiger partial charge is 0.481 e. The van der Waals surface area contributed by atoms with Crippen molar-refractivity contribution in [2.75, 3.05) is 0 Å². The van der Waals surface area contributed by atoms with Crippen molar-refractivity contribution in [3.8, 4) is 0 Å². The lowest BCUT2D eigenvalue weighted by atomic mass is 10.2. The second kappa shape index (κ2) is 3.42. The summed E-state index contributed by atoms with van der Waals surface area (Å²) in [6.45, 7) is 1.34. The summed E-state index contributed by atoms with van der Waals surface area (Å²) in [7, 11) is 0. The number of hydrogen-bond acceptors (Lipinski definition) is 3. The van der Waals surface area contributed by atoms with Gasteiger partial charge in [0.25, 0.3) is 0 Å². The zero-order valence-corrected chi connectivity index (χ0v) is 5.11. The Morgan fingerprint density at radius 2 is 2.00 bits per heavy atom. The second-order valence-corrected chi connectivity index (χ2v) is 1.91. The zero-order chi connectivity index (χ0) is 7.44. The summed E-state index contributed by atoms with van der Waals surface area (Å²) in [5.74, 6) is -1.11. The van der Waals surface area contributed by atoms with Crippen LogP contribution in [0.5, 0.6) is 0 Å². The molecule has 0 saturated heterocycles. The third-order valence-corrected chi connectivity index (χ3v) is 0.941. The van der Waals surface area contributed by atoms with Crippen molar-refractivity contribution in [2.45, 2.75) is 25.6 Å². The van der Waals surface area contributed by atoms with E-state index in [2.05, 4.69) is 0 Å². The van der Waals surface area contributed by atoms with Gasteiger partial charge in [-0.25, -0.2) is 0 Å². The number of aliphatic hydroxyl groups excluding tert-OH is 2. The molecule has 0 aromatic rings. The van der Waals surface area contributed by atoms with Gasteiger partial charge in [-0.3, -0.25) is 4.79 Å². The molecule has 3 N–H and O–H groups in total. The Morgan fingerprint density at radius 3 is 2.11 bits per heavy atom. The predicted octanol–water partition coefficient (Wildman–Crippen LogP) is -0.797. The lowest BCUT2D eigenvalue weighted by Crippen LogP contribution is -2.25. The maximum atomic E-state index is 9.84. The zero-order valence-electron chi connectivity index (χ0n) is 5.11. The first-order valence-corrected chi connectivity index (χ1v) is 2.62. The molecule has 0 spiro atoms. The molecule has 0 aromatic heterocycles. The number of carbonyl (C=O) groups is 1. The van der Waals surface area contributed by atoms with Crippen LogP contribution >= 0.6 is 0 Å². The first kappa shape index (κ1) is 8.39. The van der Waals surface area contributed by atoms with Crippen LogP contribution in [0.15, 0.2) is 0 Å². The van der Waals surface area contributed by atoms with Gasteiger partial charge in [0, 0.05) is 0 Å². The predicted molar refractivity (Wildman–Crippen MR) is 29.9 cm³/mol. The van der Waals surface area contributed by atoms with Crippen LogP contribution in [0.2, 0.25) is 0 Å². The summed E-state index contributed by atoms with van der Waals surface area (Å²) in [6.07, 6.45) is -2.53. The maximum Gasteiger partial charge on any atom is 0.306 e. The summed E-state index contributed by atoms with van der Waals surface area (Å²) in [4.78, 5) is 9.84. The molecule has 9 heavy (non-hydrogen) atoms. The third-order valence-electron chi connectivity index (χ3n) is 0.941. The van der Waals surface area contributed by atoms with Crippen molar-refractivity contribution in [1.82, 2.24) is 0 Å². The quantitative estimate of drug-likeness (QED) is 0.472. The highest BCUT2D eigenvalue weighted by molar-refractivity contribution is 5.67. The standard InChI is InChI=1S/C5H10O4/c1-3(6)4(7)2-5(8)9/h3-4,6-7H,2H2,1H3,(H,8,9)/t3-,4+/m1/s1. The first-order valence-electron chi connectivity index (χ1n) is 2.62. The molecule has 0 radical (unpaired) electrons. The highest BCUT2D eigenvalue weighted by Crippen LogP contribution is 1.96. The van der Waals surface area contributed by atoms with Crippen LogP contribution < -0.4 is 0 Å². The van der Waals surface area contributed by atoms with Crippen molar-refractivity contribution < 1.29 is 20.1 Å². The van der Waals surface area contributed by atoms with Gasteiger partial charge in [-0.05, 0) is 6.92 Å². The lowest BCUT2D eigenvalue weighted by molar-refractivity contribution is -0.140. The Kier molecular flexibility index (Phi) is 3.19. The van der Waals surface area contributed by atoms with Crippen molar-refractivity contribution in [3.63, 3.8) is 0 Å². The highest BCUT2D eigenvalue weighted by Gasteiger charge is 2.13. The molecule has 4 nitrogen and oxygen atoms in total. The van der Waals surface area contributed by atoms with E-state index in [1.807, 2.05) is 0 Å². The minimum absolute atomic E-state index is 0.405. The van der Waals surface area contributed by atoms with Crippen molar-refractivity contribution in [2.24, 2.45) is 0 Å². The molecule has 0 aromatic carbocycles. The number of carboxylic acids is 1. The Balaban J connectivity index is 3.50. The third kappa shape index (κ3) is 3.93.